The van der Waals surface area contributed by atoms with Gasteiger partial charge in [-0.3, -0.25) is 19.8 Å². The van der Waals surface area contributed by atoms with Crippen molar-refractivity contribution in [1.29, 1.82) is 0 Å². The SMILES string of the molecule is CCC1NCC(=O)N(CC(C)O)C1=O. The van der Waals surface area contributed by atoms with E-state index in [0.29, 0.717) is 6.42 Å². The minimum absolute atomic E-state index is 0.0931. The average molecular weight is 200 g/mol. The van der Waals surface area contributed by atoms with Crippen LogP contribution in [0, 0.1) is 0 Å². The van der Waals surface area contributed by atoms with E-state index in [1.165, 1.54) is 0 Å². The fraction of sp³-hybridized carbons (Fsp3) is 0.778. The topological polar surface area (TPSA) is 69.6 Å². The van der Waals surface area contributed by atoms with Crippen molar-refractivity contribution < 1.29 is 14.7 Å². The first-order valence-corrected chi connectivity index (χ1v) is 4.82. The van der Waals surface area contributed by atoms with E-state index in [1.807, 2.05) is 6.92 Å². The summed E-state index contributed by atoms with van der Waals surface area (Å²) in [5.41, 5.74) is 0. The number of β-amino-alcohol motifs (C(OH)–C–C–N with tert-alkyl or cyclic N) is 1. The van der Waals surface area contributed by atoms with Crippen LogP contribution in [0.4, 0.5) is 0 Å². The number of aliphatic hydroxyl groups is 1. The summed E-state index contributed by atoms with van der Waals surface area (Å²) in [5, 5.41) is 12.0. The second kappa shape index (κ2) is 4.52. The molecule has 2 N–H and O–H groups in total. The third kappa shape index (κ3) is 2.30. The molecule has 0 spiro atoms. The van der Waals surface area contributed by atoms with E-state index in [4.69, 9.17) is 5.11 Å². The van der Waals surface area contributed by atoms with Crippen LogP contribution in [-0.2, 0) is 9.59 Å². The van der Waals surface area contributed by atoms with Crippen molar-refractivity contribution in [3.63, 3.8) is 0 Å². The van der Waals surface area contributed by atoms with Gasteiger partial charge in [0.25, 0.3) is 0 Å². The Morgan fingerprint density at radius 3 is 2.79 bits per heavy atom. The smallest absolute Gasteiger partial charge is 0.246 e. The maximum absolute atomic E-state index is 11.6. The van der Waals surface area contributed by atoms with Gasteiger partial charge in [0.2, 0.25) is 11.8 Å². The number of hydrogen-bond acceptors (Lipinski definition) is 4. The molecule has 14 heavy (non-hydrogen) atoms. The molecule has 1 saturated heterocycles. The monoisotopic (exact) mass is 200 g/mol. The number of aliphatic hydroxyl groups excluding tert-OH is 1. The number of imide groups is 1. The molecule has 1 fully saturated rings. The summed E-state index contributed by atoms with van der Waals surface area (Å²) in [7, 11) is 0. The van der Waals surface area contributed by atoms with Gasteiger partial charge in [-0.05, 0) is 13.3 Å². The molecule has 80 valence electrons. The Morgan fingerprint density at radius 2 is 2.29 bits per heavy atom. The predicted molar refractivity (Wildman–Crippen MR) is 50.5 cm³/mol. The van der Waals surface area contributed by atoms with Crippen LogP contribution in [0.2, 0.25) is 0 Å². The largest absolute Gasteiger partial charge is 0.392 e. The Labute approximate surface area is 83.1 Å². The molecule has 0 aromatic heterocycles. The number of piperazine rings is 1. The van der Waals surface area contributed by atoms with E-state index in [2.05, 4.69) is 5.32 Å². The molecule has 2 amide bonds. The normalized spacial score (nSPS) is 25.4. The zero-order chi connectivity index (χ0) is 10.7. The Morgan fingerprint density at radius 1 is 1.64 bits per heavy atom. The molecule has 2 unspecified atom stereocenters. The van der Waals surface area contributed by atoms with Crippen molar-refractivity contribution >= 4 is 11.8 Å². The number of carbonyl (C=O) groups is 2. The second-order valence-corrected chi connectivity index (χ2v) is 3.53. The zero-order valence-electron chi connectivity index (χ0n) is 8.49. The van der Waals surface area contributed by atoms with Gasteiger partial charge in [-0.1, -0.05) is 6.92 Å². The molecule has 1 aliphatic heterocycles. The lowest BCUT2D eigenvalue weighted by Gasteiger charge is -2.31. The Bertz CT molecular complexity index is 240. The summed E-state index contributed by atoms with van der Waals surface area (Å²) >= 11 is 0. The number of nitrogens with one attached hydrogen (secondary N) is 1. The van der Waals surface area contributed by atoms with Gasteiger partial charge in [-0.2, -0.15) is 0 Å². The van der Waals surface area contributed by atoms with Gasteiger partial charge in [-0.15, -0.1) is 0 Å². The molecule has 0 bridgehead atoms. The summed E-state index contributed by atoms with van der Waals surface area (Å²) in [6, 6.07) is -0.286. The molecule has 0 saturated carbocycles. The van der Waals surface area contributed by atoms with E-state index in [1.54, 1.807) is 6.92 Å². The number of rotatable bonds is 3. The second-order valence-electron chi connectivity index (χ2n) is 3.53. The molecule has 1 aliphatic rings. The molecule has 5 nitrogen and oxygen atoms in total. The van der Waals surface area contributed by atoms with E-state index in [0.717, 1.165) is 4.90 Å². The minimum atomic E-state index is -0.668. The number of amides is 2. The number of nitrogens with zero attached hydrogens (tertiary/aromatic N) is 1. The summed E-state index contributed by atoms with van der Waals surface area (Å²) in [4.78, 5) is 24.1. The van der Waals surface area contributed by atoms with Gasteiger partial charge >= 0.3 is 0 Å². The summed E-state index contributed by atoms with van der Waals surface area (Å²) in [5.74, 6) is -0.495. The van der Waals surface area contributed by atoms with Crippen LogP contribution in [0.15, 0.2) is 0 Å². The molecule has 1 rings (SSSR count). The first kappa shape index (κ1) is 11.1. The van der Waals surface area contributed by atoms with Crippen LogP contribution >= 0.6 is 0 Å². The molecule has 0 radical (unpaired) electrons. The fourth-order valence-electron chi connectivity index (χ4n) is 1.48. The van der Waals surface area contributed by atoms with E-state index in [9.17, 15) is 9.59 Å². The van der Waals surface area contributed by atoms with Crippen molar-refractivity contribution in [2.75, 3.05) is 13.1 Å². The summed E-state index contributed by atoms with van der Waals surface area (Å²) in [6.07, 6.45) is -0.0129. The van der Waals surface area contributed by atoms with Crippen LogP contribution in [0.3, 0.4) is 0 Å². The lowest BCUT2D eigenvalue weighted by atomic mass is 10.1. The maximum atomic E-state index is 11.6. The highest BCUT2D eigenvalue weighted by molar-refractivity contribution is 6.01. The van der Waals surface area contributed by atoms with Crippen molar-refractivity contribution in [3.05, 3.63) is 0 Å². The highest BCUT2D eigenvalue weighted by Gasteiger charge is 2.32. The van der Waals surface area contributed by atoms with Crippen LogP contribution in [0.1, 0.15) is 20.3 Å². The van der Waals surface area contributed by atoms with Crippen molar-refractivity contribution in [2.24, 2.45) is 0 Å². The predicted octanol–water partition coefficient (Wildman–Crippen LogP) is -0.896. The van der Waals surface area contributed by atoms with Crippen molar-refractivity contribution in [3.8, 4) is 0 Å². The number of carbonyl (C=O) groups excluding carboxylic acids is 2. The maximum Gasteiger partial charge on any atom is 0.246 e. The first-order chi connectivity index (χ1) is 6.56. The van der Waals surface area contributed by atoms with Gasteiger partial charge in [0.1, 0.15) is 0 Å². The summed E-state index contributed by atoms with van der Waals surface area (Å²) < 4.78 is 0. The number of hydrogen-bond donors (Lipinski definition) is 2. The quantitative estimate of drug-likeness (QED) is 0.579. The molecule has 0 aliphatic carbocycles. The molecule has 1 heterocycles. The molecule has 2 atom stereocenters. The highest BCUT2D eigenvalue weighted by atomic mass is 16.3. The Balaban J connectivity index is 2.68. The fourth-order valence-corrected chi connectivity index (χ4v) is 1.48. The summed E-state index contributed by atoms with van der Waals surface area (Å²) in [6.45, 7) is 3.71. The Kier molecular flexibility index (Phi) is 3.60. The first-order valence-electron chi connectivity index (χ1n) is 4.82. The van der Waals surface area contributed by atoms with E-state index >= 15 is 0 Å². The molecule has 0 aromatic carbocycles. The average Bonchev–Trinajstić information content (AvgIpc) is 2.12. The van der Waals surface area contributed by atoms with Crippen LogP contribution < -0.4 is 5.32 Å². The third-order valence-corrected chi connectivity index (χ3v) is 2.22. The van der Waals surface area contributed by atoms with Gasteiger partial charge in [0.15, 0.2) is 0 Å². The molecule has 5 heteroatoms. The Hall–Kier alpha value is -0.940. The van der Waals surface area contributed by atoms with Crippen molar-refractivity contribution in [1.82, 2.24) is 10.2 Å². The minimum Gasteiger partial charge on any atom is -0.392 e. The highest BCUT2D eigenvalue weighted by Crippen LogP contribution is 2.06. The van der Waals surface area contributed by atoms with Crippen LogP contribution in [0.5, 0.6) is 0 Å². The molecular weight excluding hydrogens is 184 g/mol. The van der Waals surface area contributed by atoms with Crippen LogP contribution in [0.25, 0.3) is 0 Å². The van der Waals surface area contributed by atoms with Gasteiger partial charge in [0, 0.05) is 0 Å². The van der Waals surface area contributed by atoms with E-state index in [-0.39, 0.29) is 30.9 Å². The van der Waals surface area contributed by atoms with Gasteiger partial charge in [0.05, 0.1) is 25.2 Å². The van der Waals surface area contributed by atoms with Crippen molar-refractivity contribution in [2.45, 2.75) is 32.4 Å². The van der Waals surface area contributed by atoms with Gasteiger partial charge in [-0.25, -0.2) is 0 Å². The standard InChI is InChI=1S/C9H16N2O3/c1-3-7-9(14)11(5-6(2)12)8(13)4-10-7/h6-7,10,12H,3-5H2,1-2H3. The molecular formula is C9H16N2O3. The zero-order valence-corrected chi connectivity index (χ0v) is 8.49. The lowest BCUT2D eigenvalue weighted by molar-refractivity contribution is -0.150. The van der Waals surface area contributed by atoms with E-state index < -0.39 is 6.10 Å². The molecule has 0 aromatic rings. The lowest BCUT2D eigenvalue weighted by Crippen LogP contribution is -2.59. The van der Waals surface area contributed by atoms with Crippen LogP contribution in [-0.4, -0.2) is 47.1 Å². The van der Waals surface area contributed by atoms with Gasteiger partial charge < -0.3 is 5.11 Å². The third-order valence-electron chi connectivity index (χ3n) is 2.22.